The van der Waals surface area contributed by atoms with Crippen molar-refractivity contribution in [3.05, 3.63) is 299 Å². The molecule has 6 saturated carbocycles. The number of rotatable bonds is 18. The van der Waals surface area contributed by atoms with Crippen LogP contribution in [-0.4, -0.2) is 0 Å². The van der Waals surface area contributed by atoms with Crippen molar-refractivity contribution in [2.24, 2.45) is 134 Å². The Morgan fingerprint density at radius 1 is 0.368 bits per heavy atom. The molecule has 9 heteroatoms. The average molecular weight is 1790 g/mol. The molecule has 0 aliphatic heterocycles. The van der Waals surface area contributed by atoms with E-state index in [1.54, 1.807) is 5.57 Å². The summed E-state index contributed by atoms with van der Waals surface area (Å²) in [5.41, 5.74) is 7.44. The normalized spacial score (nSPS) is 30.6. The molecule has 0 aromatic heterocycles. The fraction of sp³-hybridized carbons (Fsp3) is 0.505. The van der Waals surface area contributed by atoms with Crippen molar-refractivity contribution in [2.45, 2.75) is 170 Å². The summed E-state index contributed by atoms with van der Waals surface area (Å²) in [6.45, 7) is 31.9. The van der Waals surface area contributed by atoms with Gasteiger partial charge in [-0.2, -0.15) is 0 Å². The van der Waals surface area contributed by atoms with E-state index in [-0.39, 0.29) is 55.4 Å². The van der Waals surface area contributed by atoms with Gasteiger partial charge in [0.05, 0.1) is 0 Å². The van der Waals surface area contributed by atoms with Crippen LogP contribution >= 0.6 is 51.1 Å². The molecule has 0 nitrogen and oxygen atoms in total. The predicted octanol–water partition coefficient (Wildman–Crippen LogP) is 31.4. The summed E-state index contributed by atoms with van der Waals surface area (Å²) in [5.74, 6) is 12.9. The maximum atomic E-state index is 4.93. The number of benzene rings is 2. The Balaban J connectivity index is 0.000000388. The Labute approximate surface area is 708 Å². The molecule has 0 heterocycles. The fourth-order valence-electron chi connectivity index (χ4n) is 23.0. The van der Waals surface area contributed by atoms with Gasteiger partial charge in [-0.05, 0) is 241 Å². The van der Waals surface area contributed by atoms with Gasteiger partial charge in [0.2, 0.25) is 0 Å². The summed E-state index contributed by atoms with van der Waals surface area (Å²) >= 11 is -2.48. The number of allylic oxidation sites excluding steroid dienone is 27. The summed E-state index contributed by atoms with van der Waals surface area (Å²) in [7, 11) is 29.6. The molecule has 0 N–H and O–H groups in total. The van der Waals surface area contributed by atoms with E-state index < -0.39 is 62.5 Å². The molecule has 106 heavy (non-hydrogen) atoms. The van der Waals surface area contributed by atoms with Gasteiger partial charge in [0.1, 0.15) is 0 Å². The second-order valence-electron chi connectivity index (χ2n) is 33.6. The summed E-state index contributed by atoms with van der Waals surface area (Å²) in [6, 6.07) is 23.3. The molecule has 2 aromatic carbocycles. The molecule has 2 aromatic rings. The van der Waals surface area contributed by atoms with Crippen molar-refractivity contribution in [2.75, 3.05) is 0 Å². The van der Waals surface area contributed by atoms with Gasteiger partial charge in [0.25, 0.3) is 0 Å². The van der Waals surface area contributed by atoms with Gasteiger partial charge < -0.3 is 44.6 Å². The first-order valence-electron chi connectivity index (χ1n) is 38.3. The van der Waals surface area contributed by atoms with Crippen LogP contribution in [0.15, 0.2) is 243 Å². The molecule has 0 radical (unpaired) electrons. The second-order valence-corrected chi connectivity index (χ2v) is 44.7. The second kappa shape index (κ2) is 47.1. The van der Waals surface area contributed by atoms with Gasteiger partial charge in [0, 0.05) is 5.41 Å². The first kappa shape index (κ1) is 99.1. The van der Waals surface area contributed by atoms with Crippen LogP contribution in [0.5, 0.6) is 0 Å². The zero-order valence-corrected chi connectivity index (χ0v) is 79.5. The molecule has 578 valence electrons. The number of halogens is 6. The topological polar surface area (TPSA) is 0 Å². The number of hydrogen-bond acceptors (Lipinski definition) is 0. The average Bonchev–Trinajstić information content (AvgIpc) is 1.53. The summed E-state index contributed by atoms with van der Waals surface area (Å²) in [6.07, 6.45) is 83.1. The van der Waals surface area contributed by atoms with Crippen LogP contribution < -0.4 is 0 Å². The van der Waals surface area contributed by atoms with Crippen LogP contribution in [0.2, 0.25) is 0 Å². The minimum atomic E-state index is -0.826. The Morgan fingerprint density at radius 3 is 1.05 bits per heavy atom. The van der Waals surface area contributed by atoms with Crippen molar-refractivity contribution in [3.8, 4) is 0 Å². The van der Waals surface area contributed by atoms with E-state index in [1.165, 1.54) is 107 Å². The van der Waals surface area contributed by atoms with Crippen LogP contribution in [0.25, 0.3) is 0 Å². The molecule has 12 aliphatic carbocycles. The van der Waals surface area contributed by atoms with Crippen molar-refractivity contribution >= 4 is 51.1 Å². The van der Waals surface area contributed by atoms with Crippen molar-refractivity contribution in [3.63, 3.8) is 0 Å². The van der Waals surface area contributed by atoms with E-state index in [0.717, 1.165) is 48.9 Å². The SMILES string of the molecule is C=CCCC(C)(C)C1CCC(C(c2ccccc2)(c2ccccc2)C2C3C=CC=CC3C3C=CC=CC32)C1.C=CCCC(C)(C1CCCC1)C1C2C=C(C)C=CC2C2C=CC(C(C)(C)C)=CC21.C=CCCC(C)(C1CCCC1)C1C2C=CC=CC2C2C=CC=CC21.[CH3-].[CH3-].[CH3-].[CH3-].[CH3-].[CH3-].[Cl][Zr+2][Cl].[Cl][Zr+2][Cl].[Cl][Zr+2][Cl]. The minimum absolute atomic E-state index is 0. The zero-order valence-electron chi connectivity index (χ0n) is 67.6. The Bertz CT molecular complexity index is 3210. The molecule has 0 bridgehead atoms. The standard InChI is InChI=1S/C38H44.C29H42.C24H32.6CH3.6ClH.3Zr/c1-4-5-26-37(2,3)30-24-25-31(27-30)38(28-16-8-6-9-17-28,29-18-10-7-11-19-29)36-34-22-14-12-20-32(34)33-21-13-15-23-35(33)36;1-7-8-17-29(6,21-11-9-10-12-21)27-25-18-20(2)13-15-23(25)24-16-14-22(19-26(24)27)28(3,4)5;1-3-4-17-24(2,18-11-5-6-12-18)23-21-15-9-7-13-19(21)20-14-8-10-16-22(20)23;;;;;;;;;;;;;;;/h4,6-23,30-36H,1,5,24-27H2,2-3H3;7,13-16,18-19,21,23-27H,1,8-12,17H2,2-6H3;3,7-10,13-16,18-23H,1,4-6,11-12,17H2,2H3;6*1H3;6*1H;;;/q;;;6*-1;;;;;;;3*+4/p-6. The third-order valence-electron chi connectivity index (χ3n) is 27.4. The first-order chi connectivity index (χ1) is 48.3. The van der Waals surface area contributed by atoms with Gasteiger partial charge in [0.15, 0.2) is 0 Å². The molecule has 17 atom stereocenters. The van der Waals surface area contributed by atoms with Crippen LogP contribution in [0.1, 0.15) is 176 Å². The number of fused-ring (bicyclic) bond motifs is 9. The maximum absolute atomic E-state index is 4.93. The summed E-state index contributed by atoms with van der Waals surface area (Å²) < 4.78 is 0. The summed E-state index contributed by atoms with van der Waals surface area (Å²) in [5, 5.41) is 0. The van der Waals surface area contributed by atoms with E-state index in [2.05, 4.69) is 288 Å². The predicted molar refractivity (Wildman–Crippen MR) is 465 cm³/mol. The molecule has 17 unspecified atom stereocenters. The van der Waals surface area contributed by atoms with E-state index in [0.29, 0.717) is 99.1 Å². The molecule has 12 aliphatic rings. The Hall–Kier alpha value is -1.07. The van der Waals surface area contributed by atoms with Gasteiger partial charge >= 0.3 is 114 Å². The van der Waals surface area contributed by atoms with Crippen LogP contribution in [0.4, 0.5) is 0 Å². The number of hydrogen-bond donors (Lipinski definition) is 0. The third-order valence-corrected chi connectivity index (χ3v) is 27.4. The molecule has 0 saturated heterocycles. The van der Waals surface area contributed by atoms with Crippen molar-refractivity contribution < 1.29 is 62.5 Å². The van der Waals surface area contributed by atoms with E-state index >= 15 is 0 Å². The molecular formula is C97H136Cl6Zr3. The third kappa shape index (κ3) is 22.3. The van der Waals surface area contributed by atoms with Gasteiger partial charge in [-0.1, -0.05) is 292 Å². The molecular weight excluding hydrogens is 1650 g/mol. The van der Waals surface area contributed by atoms with Gasteiger partial charge in [-0.25, -0.2) is 0 Å². The van der Waals surface area contributed by atoms with Gasteiger partial charge in [-0.15, -0.1) is 19.7 Å². The molecule has 6 fully saturated rings. The first-order valence-corrected chi connectivity index (χ1v) is 57.3. The van der Waals surface area contributed by atoms with Crippen LogP contribution in [0.3, 0.4) is 0 Å². The summed E-state index contributed by atoms with van der Waals surface area (Å²) in [4.78, 5) is 0. The van der Waals surface area contributed by atoms with E-state index in [4.69, 9.17) is 51.1 Å². The monoisotopic (exact) mass is 1780 g/mol. The van der Waals surface area contributed by atoms with E-state index in [9.17, 15) is 0 Å². The van der Waals surface area contributed by atoms with E-state index in [1.807, 2.05) is 0 Å². The Kier molecular flexibility index (Phi) is 44.0. The van der Waals surface area contributed by atoms with Crippen molar-refractivity contribution in [1.82, 2.24) is 0 Å². The molecule has 0 spiro atoms. The molecule has 14 rings (SSSR count). The molecule has 0 amide bonds. The quantitative estimate of drug-likeness (QED) is 0.103. The van der Waals surface area contributed by atoms with Crippen LogP contribution in [0, 0.1) is 179 Å². The van der Waals surface area contributed by atoms with Crippen molar-refractivity contribution in [1.29, 1.82) is 0 Å². The fourth-order valence-corrected chi connectivity index (χ4v) is 23.0. The van der Waals surface area contributed by atoms with Gasteiger partial charge in [-0.3, -0.25) is 0 Å². The zero-order chi connectivity index (χ0) is 71.7. The van der Waals surface area contributed by atoms with Crippen LogP contribution in [-0.2, 0) is 68.0 Å². The Morgan fingerprint density at radius 2 is 0.679 bits per heavy atom.